The lowest BCUT2D eigenvalue weighted by Gasteiger charge is -2.33. The highest BCUT2D eigenvalue weighted by Crippen LogP contribution is 2.31. The maximum Gasteiger partial charge on any atom is 0.244 e. The minimum absolute atomic E-state index is 0.158. The van der Waals surface area contributed by atoms with Gasteiger partial charge < -0.3 is 10.5 Å². The maximum absolute atomic E-state index is 13.0. The van der Waals surface area contributed by atoms with E-state index in [0.717, 1.165) is 11.1 Å². The normalized spacial score (nSPS) is 21.1. The Morgan fingerprint density at radius 2 is 1.95 bits per heavy atom. The Hall–Kier alpha value is -1.11. The van der Waals surface area contributed by atoms with Crippen LogP contribution in [0.4, 0.5) is 5.69 Å². The highest BCUT2D eigenvalue weighted by atomic mass is 32.2. The first-order valence-electron chi connectivity index (χ1n) is 6.72. The molecule has 1 atom stereocenters. The van der Waals surface area contributed by atoms with E-state index in [-0.39, 0.29) is 6.04 Å². The molecule has 5 nitrogen and oxygen atoms in total. The second kappa shape index (κ2) is 5.35. The van der Waals surface area contributed by atoms with Gasteiger partial charge in [0.25, 0.3) is 0 Å². The van der Waals surface area contributed by atoms with Crippen LogP contribution < -0.4 is 5.73 Å². The van der Waals surface area contributed by atoms with Gasteiger partial charge in [-0.05, 0) is 50.5 Å². The molecule has 0 aromatic heterocycles. The smallest absolute Gasteiger partial charge is 0.244 e. The molecule has 1 aliphatic rings. The molecular formula is C14H22N2O3S. The van der Waals surface area contributed by atoms with E-state index >= 15 is 0 Å². The van der Waals surface area contributed by atoms with Crippen molar-refractivity contribution in [1.29, 1.82) is 0 Å². The number of hydrogen-bond donors (Lipinski definition) is 1. The largest absolute Gasteiger partial charge is 0.398 e. The number of aryl methyl sites for hydroxylation is 1. The molecule has 0 spiro atoms. The molecule has 2 rings (SSSR count). The van der Waals surface area contributed by atoms with Crippen LogP contribution in [0, 0.1) is 20.8 Å². The van der Waals surface area contributed by atoms with Crippen molar-refractivity contribution in [3.63, 3.8) is 0 Å². The molecule has 1 aromatic carbocycles. The molecule has 1 saturated heterocycles. The first-order chi connectivity index (χ1) is 9.26. The summed E-state index contributed by atoms with van der Waals surface area (Å²) >= 11 is 0. The Morgan fingerprint density at radius 1 is 1.30 bits per heavy atom. The Labute approximate surface area is 120 Å². The quantitative estimate of drug-likeness (QED) is 0.842. The third-order valence-corrected chi connectivity index (χ3v) is 6.24. The van der Waals surface area contributed by atoms with Crippen molar-refractivity contribution in [3.8, 4) is 0 Å². The second-order valence-electron chi connectivity index (χ2n) is 5.40. The van der Waals surface area contributed by atoms with Gasteiger partial charge in [0, 0.05) is 18.3 Å². The summed E-state index contributed by atoms with van der Waals surface area (Å²) in [4.78, 5) is 0.351. The molecule has 0 saturated carbocycles. The molecule has 1 aliphatic heterocycles. The van der Waals surface area contributed by atoms with Crippen LogP contribution in [0.25, 0.3) is 0 Å². The lowest BCUT2D eigenvalue weighted by Crippen LogP contribution is -2.47. The first-order valence-corrected chi connectivity index (χ1v) is 8.16. The maximum atomic E-state index is 13.0. The zero-order chi connectivity index (χ0) is 15.1. The van der Waals surface area contributed by atoms with Gasteiger partial charge in [-0.15, -0.1) is 0 Å². The number of anilines is 1. The van der Waals surface area contributed by atoms with Crippen molar-refractivity contribution >= 4 is 15.7 Å². The van der Waals surface area contributed by atoms with E-state index < -0.39 is 10.0 Å². The van der Waals surface area contributed by atoms with Crippen molar-refractivity contribution in [1.82, 2.24) is 4.31 Å². The van der Waals surface area contributed by atoms with Crippen molar-refractivity contribution in [2.45, 2.75) is 38.6 Å². The third kappa shape index (κ3) is 2.43. The number of rotatable bonds is 2. The number of sulfonamides is 1. The van der Waals surface area contributed by atoms with Gasteiger partial charge in [0.1, 0.15) is 0 Å². The van der Waals surface area contributed by atoms with Gasteiger partial charge in [0.05, 0.1) is 18.1 Å². The minimum atomic E-state index is -3.54. The molecule has 0 bridgehead atoms. The van der Waals surface area contributed by atoms with E-state index in [1.54, 1.807) is 6.92 Å². The van der Waals surface area contributed by atoms with Crippen LogP contribution in [0.5, 0.6) is 0 Å². The molecular weight excluding hydrogens is 276 g/mol. The van der Waals surface area contributed by atoms with Gasteiger partial charge in [-0.1, -0.05) is 0 Å². The molecule has 1 aromatic rings. The average Bonchev–Trinajstić information content (AvgIpc) is 2.36. The summed E-state index contributed by atoms with van der Waals surface area (Å²) in [5.41, 5.74) is 8.77. The predicted molar refractivity (Wildman–Crippen MR) is 79.2 cm³/mol. The zero-order valence-corrected chi connectivity index (χ0v) is 13.3. The van der Waals surface area contributed by atoms with Gasteiger partial charge in [-0.25, -0.2) is 8.42 Å². The second-order valence-corrected chi connectivity index (χ2v) is 7.23. The van der Waals surface area contributed by atoms with Crippen LogP contribution in [0.3, 0.4) is 0 Å². The highest BCUT2D eigenvalue weighted by molar-refractivity contribution is 7.89. The van der Waals surface area contributed by atoms with Crippen LogP contribution in [0.2, 0.25) is 0 Å². The number of benzene rings is 1. The monoisotopic (exact) mass is 298 g/mol. The van der Waals surface area contributed by atoms with E-state index in [1.165, 1.54) is 4.31 Å². The van der Waals surface area contributed by atoms with Crippen LogP contribution in [-0.4, -0.2) is 38.5 Å². The molecule has 2 N–H and O–H groups in total. The number of hydrogen-bond acceptors (Lipinski definition) is 4. The molecule has 112 valence electrons. The number of nitrogens with two attached hydrogens (primary N) is 1. The van der Waals surface area contributed by atoms with Crippen molar-refractivity contribution in [2.24, 2.45) is 0 Å². The van der Waals surface area contributed by atoms with Gasteiger partial charge in [0.15, 0.2) is 0 Å². The third-order valence-electron chi connectivity index (χ3n) is 3.95. The molecule has 1 heterocycles. The molecule has 0 radical (unpaired) electrons. The molecule has 0 amide bonds. The summed E-state index contributed by atoms with van der Waals surface area (Å²) in [6.07, 6.45) is 0. The van der Waals surface area contributed by atoms with E-state index in [1.807, 2.05) is 26.8 Å². The molecule has 1 fully saturated rings. The number of nitrogen functional groups attached to an aromatic ring is 1. The lowest BCUT2D eigenvalue weighted by molar-refractivity contribution is 0.0392. The summed E-state index contributed by atoms with van der Waals surface area (Å²) < 4.78 is 32.8. The fraction of sp³-hybridized carbons (Fsp3) is 0.571. The van der Waals surface area contributed by atoms with Crippen molar-refractivity contribution < 1.29 is 13.2 Å². The summed E-state index contributed by atoms with van der Waals surface area (Å²) in [6.45, 7) is 8.59. The van der Waals surface area contributed by atoms with E-state index in [2.05, 4.69) is 0 Å². The van der Waals surface area contributed by atoms with Crippen LogP contribution in [0.15, 0.2) is 11.0 Å². The van der Waals surface area contributed by atoms with Gasteiger partial charge in [0.2, 0.25) is 10.0 Å². The summed E-state index contributed by atoms with van der Waals surface area (Å²) in [7, 11) is -3.54. The average molecular weight is 298 g/mol. The van der Waals surface area contributed by atoms with Crippen molar-refractivity contribution in [3.05, 3.63) is 22.8 Å². The Kier molecular flexibility index (Phi) is 4.09. The Balaban J connectivity index is 2.60. The predicted octanol–water partition coefficient (Wildman–Crippen LogP) is 1.60. The Bertz CT molecular complexity index is 600. The van der Waals surface area contributed by atoms with E-state index in [4.69, 9.17) is 10.5 Å². The zero-order valence-electron chi connectivity index (χ0n) is 12.4. The van der Waals surface area contributed by atoms with Crippen LogP contribution >= 0.6 is 0 Å². The summed E-state index contributed by atoms with van der Waals surface area (Å²) in [6, 6.07) is 1.67. The van der Waals surface area contributed by atoms with E-state index in [9.17, 15) is 8.42 Å². The van der Waals surface area contributed by atoms with Crippen molar-refractivity contribution in [2.75, 3.05) is 25.5 Å². The fourth-order valence-corrected chi connectivity index (χ4v) is 4.75. The number of nitrogens with zero attached hydrogens (tertiary/aromatic N) is 1. The van der Waals surface area contributed by atoms with Gasteiger partial charge >= 0.3 is 0 Å². The first kappa shape index (κ1) is 15.3. The lowest BCUT2D eigenvalue weighted by atomic mass is 10.1. The summed E-state index contributed by atoms with van der Waals surface area (Å²) in [5.74, 6) is 0. The Morgan fingerprint density at radius 3 is 2.55 bits per heavy atom. The van der Waals surface area contributed by atoms with Gasteiger partial charge in [-0.3, -0.25) is 0 Å². The van der Waals surface area contributed by atoms with Crippen LogP contribution in [-0.2, 0) is 14.8 Å². The molecule has 6 heteroatoms. The molecule has 20 heavy (non-hydrogen) atoms. The SMILES string of the molecule is Cc1cc(N)c(C)c(S(=O)(=O)N2CCOCC2C)c1C. The fourth-order valence-electron chi connectivity index (χ4n) is 2.61. The number of ether oxygens (including phenoxy) is 1. The highest BCUT2D eigenvalue weighted by Gasteiger charge is 2.34. The number of morpholine rings is 1. The standard InChI is InChI=1S/C14H22N2O3S/c1-9-7-13(15)12(4)14(11(9)3)20(17,18)16-5-6-19-8-10(16)2/h7,10H,5-6,8,15H2,1-4H3. The summed E-state index contributed by atoms with van der Waals surface area (Å²) in [5, 5.41) is 0. The van der Waals surface area contributed by atoms with Gasteiger partial charge in [-0.2, -0.15) is 4.31 Å². The minimum Gasteiger partial charge on any atom is -0.398 e. The van der Waals surface area contributed by atoms with Crippen LogP contribution in [0.1, 0.15) is 23.6 Å². The molecule has 1 unspecified atom stereocenters. The van der Waals surface area contributed by atoms with E-state index in [0.29, 0.717) is 35.9 Å². The topological polar surface area (TPSA) is 72.6 Å². The molecule has 0 aliphatic carbocycles.